The molecule has 1 aliphatic rings. The Morgan fingerprint density at radius 1 is 1.52 bits per heavy atom. The fourth-order valence-corrected chi connectivity index (χ4v) is 2.57. The number of likely N-dealkylation sites (tertiary alicyclic amines) is 1. The highest BCUT2D eigenvalue weighted by molar-refractivity contribution is 5.91. The number of nitrogens with two attached hydrogens (primary N) is 1. The summed E-state index contributed by atoms with van der Waals surface area (Å²) < 4.78 is 13.0. The number of carbonyl (C=O) groups excluding carboxylic acids is 1. The molecule has 6 heteroatoms. The number of nitrogens with zero attached hydrogens (tertiary/aromatic N) is 1. The van der Waals surface area contributed by atoms with E-state index >= 15 is 0 Å². The number of anilines is 2. The van der Waals surface area contributed by atoms with Gasteiger partial charge in [0.25, 0.3) is 0 Å². The van der Waals surface area contributed by atoms with Crippen LogP contribution >= 0.6 is 0 Å². The Balaban J connectivity index is 1.69. The topological polar surface area (TPSA) is 78.6 Å². The Morgan fingerprint density at radius 3 is 3.00 bits per heavy atom. The number of benzene rings is 1. The summed E-state index contributed by atoms with van der Waals surface area (Å²) in [6, 6.07) is 4.15. The van der Waals surface area contributed by atoms with Crippen LogP contribution in [0.25, 0.3) is 0 Å². The van der Waals surface area contributed by atoms with Crippen LogP contribution in [0.2, 0.25) is 0 Å². The molecule has 5 nitrogen and oxygen atoms in total. The second-order valence-electron chi connectivity index (χ2n) is 5.53. The molecule has 21 heavy (non-hydrogen) atoms. The fourth-order valence-electron chi connectivity index (χ4n) is 2.57. The van der Waals surface area contributed by atoms with E-state index in [-0.39, 0.29) is 18.2 Å². The summed E-state index contributed by atoms with van der Waals surface area (Å²) in [5, 5.41) is 11.8. The molecule has 0 spiro atoms. The lowest BCUT2D eigenvalue weighted by atomic mass is 10.1. The number of carbonyl (C=O) groups is 1. The van der Waals surface area contributed by atoms with Gasteiger partial charge in [0.15, 0.2) is 0 Å². The van der Waals surface area contributed by atoms with Gasteiger partial charge in [0, 0.05) is 25.3 Å². The van der Waals surface area contributed by atoms with Gasteiger partial charge in [-0.1, -0.05) is 0 Å². The van der Waals surface area contributed by atoms with Crippen molar-refractivity contribution in [3.05, 3.63) is 24.0 Å². The van der Waals surface area contributed by atoms with E-state index in [0.29, 0.717) is 18.0 Å². The second-order valence-corrected chi connectivity index (χ2v) is 5.53. The van der Waals surface area contributed by atoms with Gasteiger partial charge in [0.2, 0.25) is 5.91 Å². The monoisotopic (exact) mass is 295 g/mol. The predicted molar refractivity (Wildman–Crippen MR) is 80.3 cm³/mol. The standard InChI is InChI=1S/C15H22FN3O2/c16-13-4-3-12(8-14(13)17)18-15(21)2-1-6-19-7-5-11(9-19)10-20/h3-4,8,11,20H,1-2,5-7,9-10,17H2,(H,18,21). The van der Waals surface area contributed by atoms with Crippen molar-refractivity contribution in [2.75, 3.05) is 37.3 Å². The van der Waals surface area contributed by atoms with Crippen LogP contribution in [-0.2, 0) is 4.79 Å². The smallest absolute Gasteiger partial charge is 0.224 e. The zero-order valence-corrected chi connectivity index (χ0v) is 12.0. The quantitative estimate of drug-likeness (QED) is 0.694. The van der Waals surface area contributed by atoms with E-state index in [1.54, 1.807) is 0 Å². The fraction of sp³-hybridized carbons (Fsp3) is 0.533. The SMILES string of the molecule is Nc1cc(NC(=O)CCCN2CCC(CO)C2)ccc1F. The Morgan fingerprint density at radius 2 is 2.33 bits per heavy atom. The highest BCUT2D eigenvalue weighted by Crippen LogP contribution is 2.17. The van der Waals surface area contributed by atoms with Gasteiger partial charge >= 0.3 is 0 Å². The minimum absolute atomic E-state index is 0.0277. The van der Waals surface area contributed by atoms with E-state index in [1.807, 2.05) is 0 Å². The third kappa shape index (κ3) is 4.68. The maximum Gasteiger partial charge on any atom is 0.224 e. The molecule has 116 valence electrons. The van der Waals surface area contributed by atoms with Crippen LogP contribution in [0, 0.1) is 11.7 Å². The molecule has 4 N–H and O–H groups in total. The number of hydrogen-bond donors (Lipinski definition) is 3. The average molecular weight is 295 g/mol. The molecule has 0 aromatic heterocycles. The summed E-state index contributed by atoms with van der Waals surface area (Å²) in [7, 11) is 0. The third-order valence-electron chi connectivity index (χ3n) is 3.79. The minimum atomic E-state index is -0.486. The van der Waals surface area contributed by atoms with Crippen LogP contribution in [0.5, 0.6) is 0 Å². The molecule has 0 radical (unpaired) electrons. The molecular weight excluding hydrogens is 273 g/mol. The van der Waals surface area contributed by atoms with Gasteiger partial charge in [-0.05, 0) is 50.0 Å². The van der Waals surface area contributed by atoms with Gasteiger partial charge in [0.1, 0.15) is 5.82 Å². The Kier molecular flexibility index (Phi) is 5.52. The van der Waals surface area contributed by atoms with Crippen LogP contribution in [0.3, 0.4) is 0 Å². The molecule has 1 aliphatic heterocycles. The van der Waals surface area contributed by atoms with Crippen molar-refractivity contribution in [3.63, 3.8) is 0 Å². The van der Waals surface area contributed by atoms with E-state index in [9.17, 15) is 9.18 Å². The van der Waals surface area contributed by atoms with Crippen molar-refractivity contribution >= 4 is 17.3 Å². The first-order valence-corrected chi connectivity index (χ1v) is 7.26. The molecule has 1 heterocycles. The maximum absolute atomic E-state index is 13.0. The molecule has 1 unspecified atom stereocenters. The lowest BCUT2D eigenvalue weighted by Crippen LogP contribution is -2.24. The second kappa shape index (κ2) is 7.38. The lowest BCUT2D eigenvalue weighted by Gasteiger charge is -2.15. The van der Waals surface area contributed by atoms with Gasteiger partial charge in [-0.25, -0.2) is 4.39 Å². The normalized spacial score (nSPS) is 18.9. The lowest BCUT2D eigenvalue weighted by molar-refractivity contribution is -0.116. The summed E-state index contributed by atoms with van der Waals surface area (Å²) in [6.45, 7) is 2.99. The number of aliphatic hydroxyl groups is 1. The molecule has 1 aromatic rings. The van der Waals surface area contributed by atoms with Crippen LogP contribution in [0.4, 0.5) is 15.8 Å². The van der Waals surface area contributed by atoms with Crippen LogP contribution in [-0.4, -0.2) is 42.2 Å². The first kappa shape index (κ1) is 15.7. The Bertz CT molecular complexity index is 496. The van der Waals surface area contributed by atoms with Crippen molar-refractivity contribution in [1.82, 2.24) is 4.90 Å². The summed E-state index contributed by atoms with van der Waals surface area (Å²) in [6.07, 6.45) is 2.20. The summed E-state index contributed by atoms with van der Waals surface area (Å²) in [5.74, 6) is -0.208. The third-order valence-corrected chi connectivity index (χ3v) is 3.79. The van der Waals surface area contributed by atoms with Gasteiger partial charge in [-0.2, -0.15) is 0 Å². The van der Waals surface area contributed by atoms with Crippen LogP contribution < -0.4 is 11.1 Å². The van der Waals surface area contributed by atoms with Gasteiger partial charge in [-0.3, -0.25) is 4.79 Å². The van der Waals surface area contributed by atoms with E-state index in [4.69, 9.17) is 10.8 Å². The molecule has 1 fully saturated rings. The highest BCUT2D eigenvalue weighted by atomic mass is 19.1. The van der Waals surface area contributed by atoms with Gasteiger partial charge in [0.05, 0.1) is 5.69 Å². The molecular formula is C15H22FN3O2. The Labute approximate surface area is 123 Å². The first-order chi connectivity index (χ1) is 10.1. The molecule has 0 bridgehead atoms. The number of amides is 1. The molecule has 1 aromatic carbocycles. The number of halogens is 1. The molecule has 1 saturated heterocycles. The van der Waals surface area contributed by atoms with E-state index in [1.165, 1.54) is 18.2 Å². The van der Waals surface area contributed by atoms with Crippen LogP contribution in [0.1, 0.15) is 19.3 Å². The van der Waals surface area contributed by atoms with E-state index in [2.05, 4.69) is 10.2 Å². The maximum atomic E-state index is 13.0. The largest absolute Gasteiger partial charge is 0.396 e. The molecule has 0 aliphatic carbocycles. The number of hydrogen-bond acceptors (Lipinski definition) is 4. The summed E-state index contributed by atoms with van der Waals surface area (Å²) in [5.41, 5.74) is 5.99. The Hall–Kier alpha value is -1.66. The average Bonchev–Trinajstić information content (AvgIpc) is 2.91. The molecule has 2 rings (SSSR count). The van der Waals surface area contributed by atoms with Crippen molar-refractivity contribution in [3.8, 4) is 0 Å². The van der Waals surface area contributed by atoms with Crippen molar-refractivity contribution in [2.24, 2.45) is 5.92 Å². The van der Waals surface area contributed by atoms with Crippen molar-refractivity contribution < 1.29 is 14.3 Å². The van der Waals surface area contributed by atoms with E-state index in [0.717, 1.165) is 32.5 Å². The molecule has 1 atom stereocenters. The summed E-state index contributed by atoms with van der Waals surface area (Å²) in [4.78, 5) is 14.1. The molecule has 0 saturated carbocycles. The van der Waals surface area contributed by atoms with Crippen molar-refractivity contribution in [1.29, 1.82) is 0 Å². The van der Waals surface area contributed by atoms with Crippen molar-refractivity contribution in [2.45, 2.75) is 19.3 Å². The van der Waals surface area contributed by atoms with Gasteiger partial charge < -0.3 is 21.1 Å². The van der Waals surface area contributed by atoms with E-state index < -0.39 is 5.82 Å². The highest BCUT2D eigenvalue weighted by Gasteiger charge is 2.21. The summed E-state index contributed by atoms with van der Waals surface area (Å²) >= 11 is 0. The molecule has 1 amide bonds. The minimum Gasteiger partial charge on any atom is -0.396 e. The zero-order valence-electron chi connectivity index (χ0n) is 12.0. The van der Waals surface area contributed by atoms with Crippen LogP contribution in [0.15, 0.2) is 18.2 Å². The zero-order chi connectivity index (χ0) is 15.2. The number of aliphatic hydroxyl groups excluding tert-OH is 1. The number of nitrogens with one attached hydrogen (secondary N) is 1. The van der Waals surface area contributed by atoms with Gasteiger partial charge in [-0.15, -0.1) is 0 Å². The number of rotatable bonds is 6. The first-order valence-electron chi connectivity index (χ1n) is 7.26. The number of nitrogen functional groups attached to an aromatic ring is 1. The predicted octanol–water partition coefficient (Wildman–Crippen LogP) is 1.44.